The molecule has 1 N–H and O–H groups in total. The number of thiocarbonyl (C=S) groups is 1. The van der Waals surface area contributed by atoms with E-state index >= 15 is 0 Å². The van der Waals surface area contributed by atoms with Crippen LogP contribution in [0.1, 0.15) is 31.4 Å². The van der Waals surface area contributed by atoms with Crippen LogP contribution in [-0.4, -0.2) is 21.0 Å². The Morgan fingerprint density at radius 2 is 2.00 bits per heavy atom. The van der Waals surface area contributed by atoms with Gasteiger partial charge in [-0.2, -0.15) is 0 Å². The topological polar surface area (TPSA) is 28.2 Å². The lowest BCUT2D eigenvalue weighted by Gasteiger charge is -2.31. The fraction of sp³-hybridized carbons (Fsp3) is 0.333. The normalized spacial score (nSPS) is 14.6. The number of hydrogen-bond acceptors (Lipinski definition) is 2. The summed E-state index contributed by atoms with van der Waals surface area (Å²) in [6.07, 6.45) is 6.59. The van der Waals surface area contributed by atoms with Crippen molar-refractivity contribution in [2.45, 2.75) is 38.3 Å². The first kappa shape index (κ1) is 17.5. The molecule has 1 aromatic heterocycles. The third-order valence-electron chi connectivity index (χ3n) is 4.25. The molecule has 1 saturated carbocycles. The predicted octanol–water partition coefficient (Wildman–Crippen LogP) is 5.53. The molecule has 126 valence electrons. The van der Waals surface area contributed by atoms with Crippen LogP contribution < -0.4 is 5.32 Å². The van der Waals surface area contributed by atoms with Gasteiger partial charge in [-0.15, -0.1) is 0 Å². The van der Waals surface area contributed by atoms with Gasteiger partial charge < -0.3 is 10.2 Å². The highest BCUT2D eigenvalue weighted by molar-refractivity contribution is 7.80. The van der Waals surface area contributed by atoms with Gasteiger partial charge in [0.1, 0.15) is 0 Å². The van der Waals surface area contributed by atoms with Crippen molar-refractivity contribution in [3.63, 3.8) is 0 Å². The Hall–Kier alpha value is -1.36. The second-order valence-corrected chi connectivity index (χ2v) is 7.17. The standard InChI is InChI=1S/C18H19Cl2N3S/c19-13-8-9-16(20)17(11-13)22-18(24)23(15-6-1-2-7-15)12-14-5-3-4-10-21-14/h3-5,8-11,15H,1-2,6-7,12H2,(H,22,24). The smallest absolute Gasteiger partial charge is 0.174 e. The van der Waals surface area contributed by atoms with Crippen LogP contribution in [0.15, 0.2) is 42.6 Å². The lowest BCUT2D eigenvalue weighted by molar-refractivity contribution is 0.309. The molecular weight excluding hydrogens is 361 g/mol. The minimum Gasteiger partial charge on any atom is -0.340 e. The van der Waals surface area contributed by atoms with E-state index in [9.17, 15) is 0 Å². The maximum Gasteiger partial charge on any atom is 0.174 e. The third kappa shape index (κ3) is 4.38. The minimum atomic E-state index is 0.435. The summed E-state index contributed by atoms with van der Waals surface area (Å²) >= 11 is 18.0. The Kier molecular flexibility index (Phi) is 5.93. The van der Waals surface area contributed by atoms with Crippen LogP contribution in [0.3, 0.4) is 0 Å². The Bertz CT molecular complexity index is 703. The van der Waals surface area contributed by atoms with Crippen LogP contribution in [-0.2, 0) is 6.54 Å². The maximum absolute atomic E-state index is 6.25. The van der Waals surface area contributed by atoms with Crippen molar-refractivity contribution in [3.05, 3.63) is 58.3 Å². The average Bonchev–Trinajstić information content (AvgIpc) is 3.11. The third-order valence-corrected chi connectivity index (χ3v) is 5.16. The lowest BCUT2D eigenvalue weighted by atomic mass is 10.2. The van der Waals surface area contributed by atoms with Gasteiger partial charge in [-0.1, -0.05) is 42.1 Å². The van der Waals surface area contributed by atoms with Gasteiger partial charge in [0.05, 0.1) is 22.9 Å². The number of aromatic nitrogens is 1. The van der Waals surface area contributed by atoms with Crippen LogP contribution in [0.2, 0.25) is 10.0 Å². The molecule has 0 aliphatic heterocycles. The zero-order valence-corrected chi connectivity index (χ0v) is 15.5. The van der Waals surface area contributed by atoms with Crippen LogP contribution in [0.4, 0.5) is 5.69 Å². The number of halogens is 2. The van der Waals surface area contributed by atoms with E-state index < -0.39 is 0 Å². The van der Waals surface area contributed by atoms with Crippen LogP contribution in [0, 0.1) is 0 Å². The minimum absolute atomic E-state index is 0.435. The second kappa shape index (κ2) is 8.15. The SMILES string of the molecule is S=C(Nc1cc(Cl)ccc1Cl)N(Cc1ccccn1)C1CCCC1. The van der Waals surface area contributed by atoms with Gasteiger partial charge >= 0.3 is 0 Å². The van der Waals surface area contributed by atoms with Crippen molar-refractivity contribution < 1.29 is 0 Å². The van der Waals surface area contributed by atoms with E-state index in [1.165, 1.54) is 12.8 Å². The number of pyridine rings is 1. The number of nitrogens with one attached hydrogen (secondary N) is 1. The summed E-state index contributed by atoms with van der Waals surface area (Å²) in [6, 6.07) is 11.7. The molecule has 0 atom stereocenters. The summed E-state index contributed by atoms with van der Waals surface area (Å²) in [6.45, 7) is 0.690. The van der Waals surface area contributed by atoms with Crippen molar-refractivity contribution >= 4 is 46.2 Å². The summed E-state index contributed by atoms with van der Waals surface area (Å²) in [5.41, 5.74) is 1.74. The van der Waals surface area contributed by atoms with E-state index in [-0.39, 0.29) is 0 Å². The highest BCUT2D eigenvalue weighted by Crippen LogP contribution is 2.28. The largest absolute Gasteiger partial charge is 0.340 e. The van der Waals surface area contributed by atoms with Crippen molar-refractivity contribution in [2.75, 3.05) is 5.32 Å². The molecule has 0 amide bonds. The van der Waals surface area contributed by atoms with Crippen molar-refractivity contribution in [1.82, 2.24) is 9.88 Å². The number of nitrogens with zero attached hydrogens (tertiary/aromatic N) is 2. The van der Waals surface area contributed by atoms with E-state index in [0.717, 1.165) is 24.2 Å². The van der Waals surface area contributed by atoms with Gasteiger partial charge in [-0.25, -0.2) is 0 Å². The Labute approximate surface area is 158 Å². The van der Waals surface area contributed by atoms with Gasteiger partial charge in [0.2, 0.25) is 0 Å². The highest BCUT2D eigenvalue weighted by atomic mass is 35.5. The molecule has 24 heavy (non-hydrogen) atoms. The Morgan fingerprint density at radius 3 is 2.71 bits per heavy atom. The number of benzene rings is 1. The van der Waals surface area contributed by atoms with Crippen LogP contribution in [0.25, 0.3) is 0 Å². The Morgan fingerprint density at radius 1 is 1.21 bits per heavy atom. The summed E-state index contributed by atoms with van der Waals surface area (Å²) < 4.78 is 0. The summed E-state index contributed by atoms with van der Waals surface area (Å²) in [5.74, 6) is 0. The number of rotatable bonds is 4. The van der Waals surface area contributed by atoms with Crippen LogP contribution >= 0.6 is 35.4 Å². The Balaban J connectivity index is 1.79. The molecule has 0 saturated heterocycles. The molecule has 1 fully saturated rings. The van der Waals surface area contributed by atoms with Crippen molar-refractivity contribution in [2.24, 2.45) is 0 Å². The first-order chi connectivity index (χ1) is 11.6. The molecule has 3 rings (SSSR count). The first-order valence-corrected chi connectivity index (χ1v) is 9.22. The average molecular weight is 380 g/mol. The fourth-order valence-corrected chi connectivity index (χ4v) is 3.69. The lowest BCUT2D eigenvalue weighted by Crippen LogP contribution is -2.41. The zero-order chi connectivity index (χ0) is 16.9. The molecule has 1 aliphatic rings. The van der Waals surface area contributed by atoms with Gasteiger partial charge in [0.25, 0.3) is 0 Å². The molecule has 0 radical (unpaired) electrons. The molecular formula is C18H19Cl2N3S. The molecule has 1 aromatic carbocycles. The number of hydrogen-bond donors (Lipinski definition) is 1. The van der Waals surface area contributed by atoms with Gasteiger partial charge in [-0.3, -0.25) is 4.98 Å². The van der Waals surface area contributed by atoms with E-state index in [1.807, 2.05) is 24.4 Å². The molecule has 1 aliphatic carbocycles. The quantitative estimate of drug-likeness (QED) is 0.706. The van der Waals surface area contributed by atoms with E-state index in [2.05, 4.69) is 15.2 Å². The predicted molar refractivity (Wildman–Crippen MR) is 105 cm³/mol. The van der Waals surface area contributed by atoms with E-state index in [1.54, 1.807) is 18.2 Å². The fourth-order valence-electron chi connectivity index (χ4n) is 3.03. The molecule has 0 spiro atoms. The first-order valence-electron chi connectivity index (χ1n) is 8.06. The molecule has 1 heterocycles. The van der Waals surface area contributed by atoms with Gasteiger partial charge in [0, 0.05) is 17.3 Å². The molecule has 0 unspecified atom stereocenters. The monoisotopic (exact) mass is 379 g/mol. The van der Waals surface area contributed by atoms with E-state index in [4.69, 9.17) is 35.4 Å². The molecule has 2 aromatic rings. The maximum atomic E-state index is 6.25. The van der Waals surface area contributed by atoms with Crippen LogP contribution in [0.5, 0.6) is 0 Å². The summed E-state index contributed by atoms with van der Waals surface area (Å²) in [4.78, 5) is 6.66. The summed E-state index contributed by atoms with van der Waals surface area (Å²) in [5, 5.41) is 5.15. The molecule has 6 heteroatoms. The molecule has 3 nitrogen and oxygen atoms in total. The number of anilines is 1. The molecule has 0 bridgehead atoms. The summed E-state index contributed by atoms with van der Waals surface area (Å²) in [7, 11) is 0. The van der Waals surface area contributed by atoms with Crippen molar-refractivity contribution in [1.29, 1.82) is 0 Å². The highest BCUT2D eigenvalue weighted by Gasteiger charge is 2.25. The van der Waals surface area contributed by atoms with Crippen molar-refractivity contribution in [3.8, 4) is 0 Å². The second-order valence-electron chi connectivity index (χ2n) is 5.94. The zero-order valence-electron chi connectivity index (χ0n) is 13.2. The van der Waals surface area contributed by atoms with Gasteiger partial charge in [0.15, 0.2) is 5.11 Å². The van der Waals surface area contributed by atoms with Gasteiger partial charge in [-0.05, 0) is 55.4 Å². The van der Waals surface area contributed by atoms with E-state index in [0.29, 0.717) is 27.7 Å².